The first-order chi connectivity index (χ1) is 7.06. The Kier molecular flexibility index (Phi) is 6.14. The van der Waals surface area contributed by atoms with Crippen LogP contribution < -0.4 is 0 Å². The summed E-state index contributed by atoms with van der Waals surface area (Å²) >= 11 is 0. The smallest absolute Gasteiger partial charge is 0.312 e. The van der Waals surface area contributed by atoms with Gasteiger partial charge in [0, 0.05) is 6.42 Å². The normalized spacial score (nSPS) is 13.5. The lowest BCUT2D eigenvalue weighted by Gasteiger charge is -2.17. The topological polar surface area (TPSA) is 72.8 Å². The maximum absolute atomic E-state index is 11.2. The number of aliphatic hydroxyl groups is 1. The van der Waals surface area contributed by atoms with Crippen LogP contribution in [0.3, 0.4) is 0 Å². The molecule has 2 atom stereocenters. The molecule has 0 saturated heterocycles. The highest BCUT2D eigenvalue weighted by Crippen LogP contribution is 2.14. The van der Waals surface area contributed by atoms with E-state index in [0.717, 1.165) is 0 Å². The van der Waals surface area contributed by atoms with E-state index in [1.807, 2.05) is 0 Å². The monoisotopic (exact) mass is 214 g/mol. The van der Waals surface area contributed by atoms with Gasteiger partial charge in [-0.25, -0.2) is 0 Å². The van der Waals surface area contributed by atoms with Crippen molar-refractivity contribution in [3.63, 3.8) is 0 Å². The molecule has 0 saturated carbocycles. The molecule has 0 aliphatic heterocycles. The molecule has 0 unspecified atom stereocenters. The number of ether oxygens (including phenoxy) is 2. The number of terminal acetylenes is 1. The van der Waals surface area contributed by atoms with Crippen LogP contribution in [0.2, 0.25) is 0 Å². The summed E-state index contributed by atoms with van der Waals surface area (Å²) in [6, 6.07) is 0. The largest absolute Gasteiger partial charge is 0.469 e. The number of aliphatic hydroxyl groups excluding tert-OH is 1. The van der Waals surface area contributed by atoms with Crippen LogP contribution in [-0.2, 0) is 19.1 Å². The van der Waals surface area contributed by atoms with Crippen molar-refractivity contribution < 1.29 is 24.2 Å². The average Bonchev–Trinajstić information content (AvgIpc) is 2.24. The molecular weight excluding hydrogens is 200 g/mol. The Hall–Kier alpha value is -1.54. The molecule has 15 heavy (non-hydrogen) atoms. The third-order valence-electron chi connectivity index (χ3n) is 1.91. The molecule has 84 valence electrons. The molecule has 0 radical (unpaired) electrons. The van der Waals surface area contributed by atoms with Gasteiger partial charge in [-0.2, -0.15) is 0 Å². The molecule has 0 aliphatic carbocycles. The molecule has 0 aromatic heterocycles. The summed E-state index contributed by atoms with van der Waals surface area (Å²) in [5.74, 6) is 0.114. The fraction of sp³-hybridized carbons (Fsp3) is 0.600. The maximum Gasteiger partial charge on any atom is 0.312 e. The maximum atomic E-state index is 11.2. The summed E-state index contributed by atoms with van der Waals surface area (Å²) in [5.41, 5.74) is 0. The van der Waals surface area contributed by atoms with Crippen molar-refractivity contribution in [3.8, 4) is 12.3 Å². The second-order valence-corrected chi connectivity index (χ2v) is 2.89. The predicted molar refractivity (Wildman–Crippen MR) is 51.6 cm³/mol. The number of hydrogen-bond acceptors (Lipinski definition) is 5. The van der Waals surface area contributed by atoms with Crippen molar-refractivity contribution in [2.24, 2.45) is 5.92 Å². The number of methoxy groups -OCH3 is 2. The van der Waals surface area contributed by atoms with Gasteiger partial charge in [-0.15, -0.1) is 12.3 Å². The molecule has 0 amide bonds. The Balaban J connectivity index is 4.42. The van der Waals surface area contributed by atoms with Crippen LogP contribution in [0.1, 0.15) is 12.8 Å². The van der Waals surface area contributed by atoms with Gasteiger partial charge in [0.1, 0.15) is 0 Å². The van der Waals surface area contributed by atoms with E-state index in [4.69, 9.17) is 6.42 Å². The fourth-order valence-electron chi connectivity index (χ4n) is 1.05. The second-order valence-electron chi connectivity index (χ2n) is 2.89. The predicted octanol–water partition coefficient (Wildman–Crippen LogP) is -0.277. The van der Waals surface area contributed by atoms with E-state index in [1.165, 1.54) is 14.2 Å². The Morgan fingerprint density at radius 1 is 1.40 bits per heavy atom. The lowest BCUT2D eigenvalue weighted by atomic mass is 9.96. The minimum absolute atomic E-state index is 0.0187. The van der Waals surface area contributed by atoms with Gasteiger partial charge in [0.05, 0.1) is 32.7 Å². The Morgan fingerprint density at radius 2 is 2.00 bits per heavy atom. The molecule has 0 aromatic rings. The molecule has 0 heterocycles. The van der Waals surface area contributed by atoms with E-state index in [-0.39, 0.29) is 12.8 Å². The Labute approximate surface area is 88.4 Å². The minimum Gasteiger partial charge on any atom is -0.469 e. The Bertz CT molecular complexity index is 265. The van der Waals surface area contributed by atoms with Gasteiger partial charge in [-0.1, -0.05) is 0 Å². The Morgan fingerprint density at radius 3 is 2.40 bits per heavy atom. The first-order valence-corrected chi connectivity index (χ1v) is 4.33. The standard InChI is InChI=1S/C10H14O5/c1-4-5-7(10(13)15-3)8(11)6-9(12)14-2/h1,7-8,11H,5-6H2,2-3H3/t7-,8+/m1/s1. The summed E-state index contributed by atoms with van der Waals surface area (Å²) in [5, 5.41) is 9.55. The van der Waals surface area contributed by atoms with Crippen LogP contribution in [0.15, 0.2) is 0 Å². The van der Waals surface area contributed by atoms with Crippen LogP contribution >= 0.6 is 0 Å². The summed E-state index contributed by atoms with van der Waals surface area (Å²) in [4.78, 5) is 22.0. The van der Waals surface area contributed by atoms with Crippen molar-refractivity contribution in [3.05, 3.63) is 0 Å². The lowest BCUT2D eigenvalue weighted by Crippen LogP contribution is -2.31. The number of rotatable bonds is 5. The van der Waals surface area contributed by atoms with Gasteiger partial charge in [0.2, 0.25) is 0 Å². The van der Waals surface area contributed by atoms with Crippen LogP contribution in [0.4, 0.5) is 0 Å². The fourth-order valence-corrected chi connectivity index (χ4v) is 1.05. The average molecular weight is 214 g/mol. The third-order valence-corrected chi connectivity index (χ3v) is 1.91. The third kappa shape index (κ3) is 4.47. The molecule has 0 aliphatic rings. The number of esters is 2. The lowest BCUT2D eigenvalue weighted by molar-refractivity contribution is -0.152. The van der Waals surface area contributed by atoms with Gasteiger partial charge in [0.25, 0.3) is 0 Å². The van der Waals surface area contributed by atoms with Gasteiger partial charge >= 0.3 is 11.9 Å². The van der Waals surface area contributed by atoms with Crippen LogP contribution in [0, 0.1) is 18.3 Å². The van der Waals surface area contributed by atoms with Gasteiger partial charge < -0.3 is 14.6 Å². The van der Waals surface area contributed by atoms with E-state index < -0.39 is 24.0 Å². The van der Waals surface area contributed by atoms with Gasteiger partial charge in [0.15, 0.2) is 0 Å². The first kappa shape index (κ1) is 13.5. The van der Waals surface area contributed by atoms with E-state index >= 15 is 0 Å². The van der Waals surface area contributed by atoms with E-state index in [2.05, 4.69) is 15.4 Å². The molecule has 0 rings (SSSR count). The highest BCUT2D eigenvalue weighted by Gasteiger charge is 2.28. The molecule has 0 spiro atoms. The highest BCUT2D eigenvalue weighted by molar-refractivity contribution is 5.75. The summed E-state index contributed by atoms with van der Waals surface area (Å²) < 4.78 is 8.81. The molecule has 0 fully saturated rings. The molecule has 1 N–H and O–H groups in total. The van der Waals surface area contributed by atoms with Crippen LogP contribution in [0.5, 0.6) is 0 Å². The number of carbonyl (C=O) groups excluding carboxylic acids is 2. The van der Waals surface area contributed by atoms with Crippen molar-refractivity contribution in [2.45, 2.75) is 18.9 Å². The van der Waals surface area contributed by atoms with E-state index in [0.29, 0.717) is 0 Å². The van der Waals surface area contributed by atoms with E-state index in [1.54, 1.807) is 0 Å². The molecule has 0 bridgehead atoms. The number of hydrogen-bond donors (Lipinski definition) is 1. The van der Waals surface area contributed by atoms with Crippen molar-refractivity contribution in [2.75, 3.05) is 14.2 Å². The first-order valence-electron chi connectivity index (χ1n) is 4.33. The van der Waals surface area contributed by atoms with Gasteiger partial charge in [-0.05, 0) is 0 Å². The summed E-state index contributed by atoms with van der Waals surface area (Å²) in [7, 11) is 2.39. The van der Waals surface area contributed by atoms with E-state index in [9.17, 15) is 14.7 Å². The van der Waals surface area contributed by atoms with Gasteiger partial charge in [-0.3, -0.25) is 9.59 Å². The van der Waals surface area contributed by atoms with Crippen molar-refractivity contribution in [1.29, 1.82) is 0 Å². The van der Waals surface area contributed by atoms with Crippen molar-refractivity contribution in [1.82, 2.24) is 0 Å². The van der Waals surface area contributed by atoms with Crippen LogP contribution in [-0.4, -0.2) is 37.4 Å². The minimum atomic E-state index is -1.18. The highest BCUT2D eigenvalue weighted by atomic mass is 16.5. The van der Waals surface area contributed by atoms with Crippen molar-refractivity contribution >= 4 is 11.9 Å². The zero-order valence-corrected chi connectivity index (χ0v) is 8.73. The zero-order valence-electron chi connectivity index (χ0n) is 8.73. The molecule has 5 nitrogen and oxygen atoms in total. The molecule has 0 aromatic carbocycles. The zero-order chi connectivity index (χ0) is 11.8. The quantitative estimate of drug-likeness (QED) is 0.503. The number of carbonyl (C=O) groups is 2. The molecule has 5 heteroatoms. The molecular formula is C10H14O5. The summed E-state index contributed by atoms with van der Waals surface area (Å²) in [6.07, 6.45) is 3.60. The second kappa shape index (κ2) is 6.85. The summed E-state index contributed by atoms with van der Waals surface area (Å²) in [6.45, 7) is 0. The SMILES string of the molecule is C#CC[C@@H](C(=O)OC)[C@@H](O)CC(=O)OC. The van der Waals surface area contributed by atoms with Crippen LogP contribution in [0.25, 0.3) is 0 Å².